The summed E-state index contributed by atoms with van der Waals surface area (Å²) in [6.45, 7) is 3.81. The average Bonchev–Trinajstić information content (AvgIpc) is 3.39. The lowest BCUT2D eigenvalue weighted by Crippen LogP contribution is -2.58. The predicted octanol–water partition coefficient (Wildman–Crippen LogP) is 1.03. The summed E-state index contributed by atoms with van der Waals surface area (Å²) in [7, 11) is 0. The number of hydrogen-bond acceptors (Lipinski definition) is 3. The third-order valence-corrected chi connectivity index (χ3v) is 4.76. The van der Waals surface area contributed by atoms with Crippen LogP contribution in [0.3, 0.4) is 0 Å². The molecule has 1 aromatic rings. The molecule has 0 spiro atoms. The maximum Gasteiger partial charge on any atom is 0.239 e. The van der Waals surface area contributed by atoms with Crippen molar-refractivity contribution in [3.05, 3.63) is 35.9 Å². The summed E-state index contributed by atoms with van der Waals surface area (Å²) in [6.07, 6.45) is 2.59. The van der Waals surface area contributed by atoms with Gasteiger partial charge in [-0.1, -0.05) is 30.3 Å². The Morgan fingerprint density at radius 1 is 1.22 bits per heavy atom. The second-order valence-electron chi connectivity index (χ2n) is 6.74. The third kappa shape index (κ3) is 3.72. The highest BCUT2D eigenvalue weighted by atomic mass is 16.2. The number of carbonyl (C=O) groups is 2. The topological polar surface area (TPSA) is 66.6 Å². The number of carbonyl (C=O) groups excluding carboxylic acids is 2. The van der Waals surface area contributed by atoms with Crippen molar-refractivity contribution in [2.45, 2.75) is 38.3 Å². The first kappa shape index (κ1) is 16.0. The standard InChI is InChI=1S/C18H25N3O2/c1-13-12-20(9-10-21(13)17(22)15-7-8-15)18(23)16(19)11-14-5-3-2-4-6-14/h2-6,13,15-16H,7-12,19H2,1H3/t13-,16-/m1/s1. The molecule has 1 saturated heterocycles. The van der Waals surface area contributed by atoms with Crippen LogP contribution in [-0.4, -0.2) is 53.3 Å². The maximum absolute atomic E-state index is 12.6. The molecule has 2 aliphatic rings. The van der Waals surface area contributed by atoms with E-state index in [4.69, 9.17) is 5.73 Å². The molecule has 0 radical (unpaired) electrons. The molecule has 124 valence electrons. The minimum atomic E-state index is -0.518. The molecule has 1 saturated carbocycles. The second kappa shape index (κ2) is 6.71. The highest BCUT2D eigenvalue weighted by Crippen LogP contribution is 2.32. The van der Waals surface area contributed by atoms with Crippen molar-refractivity contribution in [2.24, 2.45) is 11.7 Å². The van der Waals surface area contributed by atoms with Crippen LogP contribution < -0.4 is 5.73 Å². The van der Waals surface area contributed by atoms with Crippen molar-refractivity contribution in [3.8, 4) is 0 Å². The highest BCUT2D eigenvalue weighted by Gasteiger charge is 2.38. The first-order chi connectivity index (χ1) is 11.1. The molecule has 2 amide bonds. The SMILES string of the molecule is C[C@@H]1CN(C(=O)[C@H](N)Cc2ccccc2)CCN1C(=O)C1CC1. The molecule has 0 aromatic heterocycles. The van der Waals surface area contributed by atoms with Gasteiger partial charge in [-0.3, -0.25) is 9.59 Å². The van der Waals surface area contributed by atoms with Crippen LogP contribution in [0.4, 0.5) is 0 Å². The Morgan fingerprint density at radius 2 is 1.91 bits per heavy atom. The van der Waals surface area contributed by atoms with Crippen molar-refractivity contribution in [1.29, 1.82) is 0 Å². The number of amides is 2. The summed E-state index contributed by atoms with van der Waals surface area (Å²) in [5, 5.41) is 0. The van der Waals surface area contributed by atoms with Crippen molar-refractivity contribution in [1.82, 2.24) is 9.80 Å². The zero-order valence-corrected chi connectivity index (χ0v) is 13.6. The van der Waals surface area contributed by atoms with Crippen molar-refractivity contribution < 1.29 is 9.59 Å². The van der Waals surface area contributed by atoms with Crippen molar-refractivity contribution in [3.63, 3.8) is 0 Å². The Hall–Kier alpha value is -1.88. The quantitative estimate of drug-likeness (QED) is 0.902. The average molecular weight is 315 g/mol. The Morgan fingerprint density at radius 3 is 2.52 bits per heavy atom. The molecule has 1 heterocycles. The highest BCUT2D eigenvalue weighted by molar-refractivity contribution is 5.84. The maximum atomic E-state index is 12.6. The van der Waals surface area contributed by atoms with Gasteiger partial charge in [0.1, 0.15) is 0 Å². The summed E-state index contributed by atoms with van der Waals surface area (Å²) in [4.78, 5) is 28.5. The Bertz CT molecular complexity index is 571. The van der Waals surface area contributed by atoms with E-state index in [9.17, 15) is 9.59 Å². The summed E-state index contributed by atoms with van der Waals surface area (Å²) < 4.78 is 0. The van der Waals surface area contributed by atoms with E-state index >= 15 is 0 Å². The molecule has 23 heavy (non-hydrogen) atoms. The zero-order valence-electron chi connectivity index (χ0n) is 13.6. The van der Waals surface area contributed by atoms with Crippen LogP contribution >= 0.6 is 0 Å². The van der Waals surface area contributed by atoms with Gasteiger partial charge in [0.2, 0.25) is 11.8 Å². The molecule has 5 nitrogen and oxygen atoms in total. The second-order valence-corrected chi connectivity index (χ2v) is 6.74. The third-order valence-electron chi connectivity index (χ3n) is 4.76. The smallest absolute Gasteiger partial charge is 0.239 e. The van der Waals surface area contributed by atoms with Gasteiger partial charge in [-0.05, 0) is 31.7 Å². The van der Waals surface area contributed by atoms with E-state index in [1.807, 2.05) is 47.1 Å². The lowest BCUT2D eigenvalue weighted by Gasteiger charge is -2.40. The number of nitrogens with two attached hydrogens (primary N) is 1. The first-order valence-corrected chi connectivity index (χ1v) is 8.45. The molecule has 1 aromatic carbocycles. The summed E-state index contributed by atoms with van der Waals surface area (Å²) >= 11 is 0. The predicted molar refractivity (Wildman–Crippen MR) is 88.6 cm³/mol. The van der Waals surface area contributed by atoms with E-state index in [1.165, 1.54) is 0 Å². The molecule has 5 heteroatoms. The number of rotatable bonds is 4. The Kier molecular flexibility index (Phi) is 4.66. The normalized spacial score (nSPS) is 22.8. The molecule has 2 atom stereocenters. The molecular formula is C18H25N3O2. The molecule has 0 bridgehead atoms. The molecule has 2 N–H and O–H groups in total. The molecule has 0 unspecified atom stereocenters. The van der Waals surface area contributed by atoms with Gasteiger partial charge in [0, 0.05) is 31.6 Å². The number of hydrogen-bond donors (Lipinski definition) is 1. The van der Waals surface area contributed by atoms with Crippen molar-refractivity contribution in [2.75, 3.05) is 19.6 Å². The van der Waals surface area contributed by atoms with Gasteiger partial charge in [-0.2, -0.15) is 0 Å². The number of piperazine rings is 1. The Balaban J connectivity index is 1.55. The number of benzene rings is 1. The fourth-order valence-electron chi connectivity index (χ4n) is 3.24. The van der Waals surface area contributed by atoms with E-state index < -0.39 is 6.04 Å². The lowest BCUT2D eigenvalue weighted by molar-refractivity contribution is -0.143. The van der Waals surface area contributed by atoms with Crippen LogP contribution in [0.2, 0.25) is 0 Å². The van der Waals surface area contributed by atoms with Crippen LogP contribution in [0.25, 0.3) is 0 Å². The zero-order chi connectivity index (χ0) is 16.4. The molecule has 2 fully saturated rings. The first-order valence-electron chi connectivity index (χ1n) is 8.45. The molecule has 1 aliphatic heterocycles. The van der Waals surface area contributed by atoms with Gasteiger partial charge < -0.3 is 15.5 Å². The largest absolute Gasteiger partial charge is 0.338 e. The molecule has 1 aliphatic carbocycles. The minimum Gasteiger partial charge on any atom is -0.338 e. The summed E-state index contributed by atoms with van der Waals surface area (Å²) in [6, 6.07) is 9.40. The van der Waals surface area contributed by atoms with E-state index in [0.717, 1.165) is 18.4 Å². The van der Waals surface area contributed by atoms with E-state index in [-0.39, 0.29) is 23.8 Å². The van der Waals surface area contributed by atoms with Gasteiger partial charge in [0.15, 0.2) is 0 Å². The van der Waals surface area contributed by atoms with Crippen LogP contribution in [0.5, 0.6) is 0 Å². The fraction of sp³-hybridized carbons (Fsp3) is 0.556. The van der Waals surface area contributed by atoms with Crippen molar-refractivity contribution >= 4 is 11.8 Å². The van der Waals surface area contributed by atoms with Gasteiger partial charge in [-0.25, -0.2) is 0 Å². The van der Waals surface area contributed by atoms with E-state index in [1.54, 1.807) is 0 Å². The minimum absolute atomic E-state index is 0.0146. The van der Waals surface area contributed by atoms with E-state index in [2.05, 4.69) is 0 Å². The fourth-order valence-corrected chi connectivity index (χ4v) is 3.24. The summed E-state index contributed by atoms with van der Waals surface area (Å²) in [5.74, 6) is 0.484. The van der Waals surface area contributed by atoms with Crippen LogP contribution in [-0.2, 0) is 16.0 Å². The van der Waals surface area contributed by atoms with E-state index in [0.29, 0.717) is 26.1 Å². The Labute approximate surface area is 137 Å². The van der Waals surface area contributed by atoms with Crippen LogP contribution in [0, 0.1) is 5.92 Å². The lowest BCUT2D eigenvalue weighted by atomic mass is 10.0. The number of nitrogens with zero attached hydrogens (tertiary/aromatic N) is 2. The molecule has 3 rings (SSSR count). The van der Waals surface area contributed by atoms with Gasteiger partial charge in [0.25, 0.3) is 0 Å². The summed E-state index contributed by atoms with van der Waals surface area (Å²) in [5.41, 5.74) is 7.18. The van der Waals surface area contributed by atoms with Gasteiger partial charge >= 0.3 is 0 Å². The van der Waals surface area contributed by atoms with Crippen LogP contribution in [0.1, 0.15) is 25.3 Å². The van der Waals surface area contributed by atoms with Gasteiger partial charge in [0.05, 0.1) is 6.04 Å². The molecular weight excluding hydrogens is 290 g/mol. The van der Waals surface area contributed by atoms with Crippen LogP contribution in [0.15, 0.2) is 30.3 Å². The monoisotopic (exact) mass is 315 g/mol. The van der Waals surface area contributed by atoms with Gasteiger partial charge in [-0.15, -0.1) is 0 Å².